The van der Waals surface area contributed by atoms with Crippen molar-refractivity contribution in [3.8, 4) is 5.69 Å². The van der Waals surface area contributed by atoms with E-state index in [1.807, 2.05) is 20.8 Å². The molecule has 2 amide bonds. The number of hydrogen-bond acceptors (Lipinski definition) is 7. The van der Waals surface area contributed by atoms with Gasteiger partial charge in [-0.3, -0.25) is 9.59 Å². The number of fused-ring (bicyclic) bond motifs is 1. The van der Waals surface area contributed by atoms with Crippen LogP contribution in [0.3, 0.4) is 0 Å². The first-order valence-electron chi connectivity index (χ1n) is 11.1. The Kier molecular flexibility index (Phi) is 6.91. The fourth-order valence-electron chi connectivity index (χ4n) is 3.82. The van der Waals surface area contributed by atoms with Crippen LogP contribution < -0.4 is 10.6 Å². The molecule has 2 N–H and O–H groups in total. The number of halogens is 2. The predicted octanol–water partition coefficient (Wildman–Crippen LogP) is 2.89. The zero-order chi connectivity index (χ0) is 25.3. The third-order valence-corrected chi connectivity index (χ3v) is 5.79. The molecule has 0 spiro atoms. The molecule has 0 fully saturated rings. The van der Waals surface area contributed by atoms with Crippen molar-refractivity contribution in [2.75, 3.05) is 6.61 Å². The summed E-state index contributed by atoms with van der Waals surface area (Å²) in [4.78, 5) is 26.4. The molecular formula is C23H26ClFN6O4. The van der Waals surface area contributed by atoms with Crippen molar-refractivity contribution in [2.45, 2.75) is 53.3 Å². The maximum atomic E-state index is 14.6. The highest BCUT2D eigenvalue weighted by atomic mass is 35.5. The van der Waals surface area contributed by atoms with Crippen LogP contribution in [0.4, 0.5) is 4.39 Å². The van der Waals surface area contributed by atoms with E-state index < -0.39 is 29.1 Å². The van der Waals surface area contributed by atoms with E-state index in [1.165, 1.54) is 22.9 Å². The van der Waals surface area contributed by atoms with Gasteiger partial charge < -0.3 is 19.8 Å². The molecule has 0 bridgehead atoms. The number of rotatable bonds is 6. The third kappa shape index (κ3) is 5.35. The topological polar surface area (TPSA) is 124 Å². The maximum absolute atomic E-state index is 14.6. The minimum atomic E-state index is -0.910. The molecule has 4 rings (SSSR count). The number of carbonyl (C=O) groups excluding carboxylic acids is 2. The molecule has 1 unspecified atom stereocenters. The monoisotopic (exact) mass is 504 g/mol. The van der Waals surface area contributed by atoms with E-state index in [4.69, 9.17) is 20.8 Å². The molecule has 0 aliphatic carbocycles. The van der Waals surface area contributed by atoms with E-state index in [1.54, 1.807) is 6.92 Å². The average molecular weight is 505 g/mol. The van der Waals surface area contributed by atoms with Gasteiger partial charge in [-0.15, -0.1) is 10.2 Å². The molecule has 0 radical (unpaired) electrons. The van der Waals surface area contributed by atoms with Crippen LogP contribution in [-0.2, 0) is 29.1 Å². The van der Waals surface area contributed by atoms with Gasteiger partial charge in [0.15, 0.2) is 5.69 Å². The van der Waals surface area contributed by atoms with Crippen LogP contribution in [-0.4, -0.2) is 44.4 Å². The Morgan fingerprint density at radius 2 is 2.06 bits per heavy atom. The molecule has 186 valence electrons. The number of ether oxygens (including phenoxy) is 1. The van der Waals surface area contributed by atoms with Crippen molar-refractivity contribution >= 4 is 23.4 Å². The molecule has 0 saturated heterocycles. The van der Waals surface area contributed by atoms with Gasteiger partial charge in [0.25, 0.3) is 5.91 Å². The van der Waals surface area contributed by atoms with Crippen molar-refractivity contribution in [1.29, 1.82) is 0 Å². The lowest BCUT2D eigenvalue weighted by molar-refractivity contribution is -0.125. The van der Waals surface area contributed by atoms with Gasteiger partial charge in [-0.1, -0.05) is 32.4 Å². The first kappa shape index (κ1) is 24.8. The summed E-state index contributed by atoms with van der Waals surface area (Å²) >= 11 is 6.08. The summed E-state index contributed by atoms with van der Waals surface area (Å²) in [7, 11) is 0. The van der Waals surface area contributed by atoms with Crippen molar-refractivity contribution < 1.29 is 23.1 Å². The second-order valence-electron chi connectivity index (χ2n) is 9.29. The van der Waals surface area contributed by atoms with Gasteiger partial charge in [0.2, 0.25) is 17.7 Å². The van der Waals surface area contributed by atoms with Crippen LogP contribution in [0.25, 0.3) is 5.69 Å². The molecule has 3 heterocycles. The summed E-state index contributed by atoms with van der Waals surface area (Å²) in [5.74, 6) is -0.887. The van der Waals surface area contributed by atoms with Gasteiger partial charge in [0.05, 0.1) is 25.5 Å². The van der Waals surface area contributed by atoms with Crippen molar-refractivity contribution in [2.24, 2.45) is 5.41 Å². The minimum Gasteiger partial charge on any atom is -0.424 e. The summed E-state index contributed by atoms with van der Waals surface area (Å²) in [5, 5.41) is 17.8. The highest BCUT2D eigenvalue weighted by Gasteiger charge is 2.35. The van der Waals surface area contributed by atoms with Crippen LogP contribution in [0.15, 0.2) is 22.6 Å². The van der Waals surface area contributed by atoms with Crippen molar-refractivity contribution in [3.05, 3.63) is 57.8 Å². The van der Waals surface area contributed by atoms with Gasteiger partial charge in [0.1, 0.15) is 17.5 Å². The number of carbonyl (C=O) groups is 2. The molecule has 1 aliphatic heterocycles. The van der Waals surface area contributed by atoms with Gasteiger partial charge in [0, 0.05) is 23.9 Å². The number of aryl methyl sites for hydroxylation is 1. The maximum Gasteiger partial charge on any atom is 0.272 e. The van der Waals surface area contributed by atoms with E-state index >= 15 is 0 Å². The highest BCUT2D eigenvalue weighted by Crippen LogP contribution is 2.28. The van der Waals surface area contributed by atoms with E-state index in [2.05, 4.69) is 25.9 Å². The molecule has 3 aromatic rings. The van der Waals surface area contributed by atoms with Crippen LogP contribution in [0.2, 0.25) is 5.02 Å². The number of aromatic nitrogens is 4. The summed E-state index contributed by atoms with van der Waals surface area (Å²) in [5.41, 5.74) is 0.764. The zero-order valence-electron chi connectivity index (χ0n) is 19.8. The standard InChI is InChI=1S/C23H26ClFN6O4/c1-12-28-29-18(35-12)10-26-22(33)20(23(2,3)4)27-21(32)19-14-11-34-8-7-16(14)31(30-19)17-9-13(24)5-6-15(17)25/h5-6,9,20H,7-8,10-11H2,1-4H3,(H,26,33)(H,27,32). The molecule has 0 saturated carbocycles. The summed E-state index contributed by atoms with van der Waals surface area (Å²) in [6.45, 7) is 7.70. The third-order valence-electron chi connectivity index (χ3n) is 5.56. The first-order valence-corrected chi connectivity index (χ1v) is 11.4. The molecule has 12 heteroatoms. The van der Waals surface area contributed by atoms with Crippen molar-refractivity contribution in [3.63, 3.8) is 0 Å². The second kappa shape index (κ2) is 9.74. The Hall–Kier alpha value is -3.31. The molecule has 10 nitrogen and oxygen atoms in total. The quantitative estimate of drug-likeness (QED) is 0.529. The zero-order valence-corrected chi connectivity index (χ0v) is 20.6. The molecule has 1 aliphatic rings. The molecule has 35 heavy (non-hydrogen) atoms. The Labute approximate surface area is 206 Å². The number of benzene rings is 1. The van der Waals surface area contributed by atoms with Gasteiger partial charge in [-0.05, 0) is 23.6 Å². The lowest BCUT2D eigenvalue weighted by Gasteiger charge is -2.30. The minimum absolute atomic E-state index is 0.0219. The Morgan fingerprint density at radius 3 is 2.74 bits per heavy atom. The van der Waals surface area contributed by atoms with E-state index in [0.717, 1.165) is 0 Å². The van der Waals surface area contributed by atoms with Gasteiger partial charge in [-0.2, -0.15) is 5.10 Å². The fourth-order valence-corrected chi connectivity index (χ4v) is 3.98. The smallest absolute Gasteiger partial charge is 0.272 e. The summed E-state index contributed by atoms with van der Waals surface area (Å²) < 4.78 is 26.8. The first-order chi connectivity index (χ1) is 16.5. The number of nitrogens with zero attached hydrogens (tertiary/aromatic N) is 4. The lowest BCUT2D eigenvalue weighted by Crippen LogP contribution is -2.53. The summed E-state index contributed by atoms with van der Waals surface area (Å²) in [6.07, 6.45) is 0.439. The van der Waals surface area contributed by atoms with Crippen LogP contribution in [0.5, 0.6) is 0 Å². The SMILES string of the molecule is Cc1nnc(CNC(=O)C(NC(=O)c2nn(-c3cc(Cl)ccc3F)c3c2COCC3)C(C)(C)C)o1. The predicted molar refractivity (Wildman–Crippen MR) is 123 cm³/mol. The van der Waals surface area contributed by atoms with E-state index in [0.29, 0.717) is 35.2 Å². The Bertz CT molecular complexity index is 1270. The molecular weight excluding hydrogens is 479 g/mol. The molecule has 1 atom stereocenters. The Morgan fingerprint density at radius 1 is 1.29 bits per heavy atom. The average Bonchev–Trinajstić information content (AvgIpc) is 3.40. The van der Waals surface area contributed by atoms with E-state index in [9.17, 15) is 14.0 Å². The largest absolute Gasteiger partial charge is 0.424 e. The summed E-state index contributed by atoms with van der Waals surface area (Å²) in [6, 6.07) is 3.23. The molecule has 1 aromatic carbocycles. The normalized spacial score (nSPS) is 14.3. The van der Waals surface area contributed by atoms with Crippen LogP contribution in [0, 0.1) is 18.2 Å². The second-order valence-corrected chi connectivity index (χ2v) is 9.73. The number of hydrogen-bond donors (Lipinski definition) is 2. The van der Waals surface area contributed by atoms with Gasteiger partial charge >= 0.3 is 0 Å². The van der Waals surface area contributed by atoms with Crippen LogP contribution >= 0.6 is 11.6 Å². The Balaban J connectivity index is 1.61. The number of nitrogens with one attached hydrogen (secondary N) is 2. The fraction of sp³-hybridized carbons (Fsp3) is 0.435. The lowest BCUT2D eigenvalue weighted by atomic mass is 9.86. The van der Waals surface area contributed by atoms with E-state index in [-0.39, 0.29) is 30.4 Å². The van der Waals surface area contributed by atoms with Gasteiger partial charge in [-0.25, -0.2) is 9.07 Å². The van der Waals surface area contributed by atoms with Crippen LogP contribution in [0.1, 0.15) is 54.3 Å². The number of amides is 2. The molecule has 2 aromatic heterocycles. The highest BCUT2D eigenvalue weighted by molar-refractivity contribution is 6.30. The van der Waals surface area contributed by atoms with Crippen molar-refractivity contribution in [1.82, 2.24) is 30.6 Å².